The van der Waals surface area contributed by atoms with Crippen molar-refractivity contribution >= 4 is 11.7 Å². The number of methoxy groups -OCH3 is 1. The second kappa shape index (κ2) is 5.89. The van der Waals surface area contributed by atoms with Gasteiger partial charge in [-0.05, 0) is 31.2 Å². The van der Waals surface area contributed by atoms with Gasteiger partial charge in [-0.1, -0.05) is 5.16 Å². The summed E-state index contributed by atoms with van der Waals surface area (Å²) in [6, 6.07) is 9.00. The number of nitrogen functional groups attached to an aromatic ring is 1. The Morgan fingerprint density at radius 1 is 1.38 bits per heavy atom. The molecule has 0 bridgehead atoms. The first kappa shape index (κ1) is 15.3. The molecule has 0 amide bonds. The zero-order valence-corrected chi connectivity index (χ0v) is 13.0. The molecule has 8 nitrogen and oxygen atoms in total. The van der Waals surface area contributed by atoms with Crippen LogP contribution in [0.1, 0.15) is 21.9 Å². The molecule has 0 unspecified atom stereocenters. The van der Waals surface area contributed by atoms with E-state index in [0.29, 0.717) is 17.4 Å². The summed E-state index contributed by atoms with van der Waals surface area (Å²) >= 11 is 0. The fourth-order valence-corrected chi connectivity index (χ4v) is 2.30. The van der Waals surface area contributed by atoms with Crippen LogP contribution in [0.2, 0.25) is 0 Å². The third kappa shape index (κ3) is 2.48. The molecule has 0 aliphatic carbocycles. The van der Waals surface area contributed by atoms with Gasteiger partial charge in [-0.25, -0.2) is 4.79 Å². The molecular weight excluding hydrogens is 310 g/mol. The van der Waals surface area contributed by atoms with Crippen molar-refractivity contribution in [3.05, 3.63) is 47.5 Å². The lowest BCUT2D eigenvalue weighted by Crippen LogP contribution is -2.11. The molecule has 0 spiro atoms. The van der Waals surface area contributed by atoms with E-state index in [1.165, 1.54) is 17.9 Å². The Kier molecular flexibility index (Phi) is 3.75. The van der Waals surface area contributed by atoms with E-state index in [1.807, 2.05) is 6.07 Å². The van der Waals surface area contributed by atoms with Crippen molar-refractivity contribution in [1.82, 2.24) is 14.7 Å². The molecule has 0 saturated carbocycles. The second-order valence-corrected chi connectivity index (χ2v) is 4.97. The number of hydrogen-bond donors (Lipinski definition) is 1. The molecule has 3 rings (SSSR count). The Bertz CT molecular complexity index is 947. The molecular formula is C16H13N5O3. The normalized spacial score (nSPS) is 10.4. The van der Waals surface area contributed by atoms with E-state index < -0.39 is 5.97 Å². The van der Waals surface area contributed by atoms with Crippen molar-refractivity contribution in [2.75, 3.05) is 12.8 Å². The van der Waals surface area contributed by atoms with Crippen LogP contribution < -0.4 is 5.73 Å². The number of nitriles is 1. The zero-order valence-electron chi connectivity index (χ0n) is 13.0. The van der Waals surface area contributed by atoms with Crippen LogP contribution in [0.3, 0.4) is 0 Å². The standard InChI is InChI=1S/C16H13N5O3/c1-9-19-15(24-20-9)10-3-5-12(6-4-10)21-8-11(7-17)13(18)14(21)16(22)23-2/h3-6,8H,18H2,1-2H3. The van der Waals surface area contributed by atoms with Gasteiger partial charge in [0.25, 0.3) is 5.89 Å². The summed E-state index contributed by atoms with van der Waals surface area (Å²) < 4.78 is 11.4. The number of ether oxygens (including phenoxy) is 1. The van der Waals surface area contributed by atoms with Crippen LogP contribution in [0.5, 0.6) is 0 Å². The highest BCUT2D eigenvalue weighted by atomic mass is 16.5. The first-order valence-electron chi connectivity index (χ1n) is 6.95. The number of aromatic nitrogens is 3. The second-order valence-electron chi connectivity index (χ2n) is 4.97. The number of nitrogens with two attached hydrogens (primary N) is 1. The monoisotopic (exact) mass is 323 g/mol. The topological polar surface area (TPSA) is 120 Å². The Balaban J connectivity index is 2.06. The molecule has 0 fully saturated rings. The smallest absolute Gasteiger partial charge is 0.357 e. The van der Waals surface area contributed by atoms with Gasteiger partial charge in [0.2, 0.25) is 0 Å². The highest BCUT2D eigenvalue weighted by molar-refractivity contribution is 5.95. The summed E-state index contributed by atoms with van der Waals surface area (Å²) in [5.74, 6) is 0.321. The van der Waals surface area contributed by atoms with Crippen LogP contribution in [0.15, 0.2) is 35.0 Å². The van der Waals surface area contributed by atoms with E-state index in [0.717, 1.165) is 5.56 Å². The summed E-state index contributed by atoms with van der Waals surface area (Å²) in [5.41, 5.74) is 7.64. The SMILES string of the molecule is COC(=O)c1c(N)c(C#N)cn1-c1ccc(-c2nc(C)no2)cc1. The minimum absolute atomic E-state index is 0.0842. The molecule has 0 aliphatic rings. The van der Waals surface area contributed by atoms with Crippen LogP contribution in [0.25, 0.3) is 17.1 Å². The predicted molar refractivity (Wildman–Crippen MR) is 84.3 cm³/mol. The molecule has 0 saturated heterocycles. The molecule has 8 heteroatoms. The number of benzene rings is 1. The number of hydrogen-bond acceptors (Lipinski definition) is 7. The highest BCUT2D eigenvalue weighted by Gasteiger charge is 2.21. The first-order valence-corrected chi connectivity index (χ1v) is 6.95. The average molecular weight is 323 g/mol. The van der Waals surface area contributed by atoms with E-state index in [4.69, 9.17) is 20.3 Å². The Morgan fingerprint density at radius 3 is 2.62 bits per heavy atom. The average Bonchev–Trinajstić information content (AvgIpc) is 3.17. The number of aryl methyl sites for hydroxylation is 1. The van der Waals surface area contributed by atoms with Crippen molar-refractivity contribution in [2.45, 2.75) is 6.92 Å². The van der Waals surface area contributed by atoms with Crippen molar-refractivity contribution in [3.8, 4) is 23.2 Å². The third-order valence-corrected chi connectivity index (χ3v) is 3.46. The zero-order chi connectivity index (χ0) is 17.3. The van der Waals surface area contributed by atoms with Crippen LogP contribution in [0.4, 0.5) is 5.69 Å². The van der Waals surface area contributed by atoms with Gasteiger partial charge in [-0.2, -0.15) is 10.2 Å². The molecule has 0 aliphatic heterocycles. The lowest BCUT2D eigenvalue weighted by Gasteiger charge is -2.08. The van der Waals surface area contributed by atoms with Crippen LogP contribution in [0, 0.1) is 18.3 Å². The van der Waals surface area contributed by atoms with Crippen molar-refractivity contribution in [1.29, 1.82) is 5.26 Å². The molecule has 0 atom stereocenters. The van der Waals surface area contributed by atoms with E-state index in [1.54, 1.807) is 31.2 Å². The van der Waals surface area contributed by atoms with Crippen LogP contribution in [-0.4, -0.2) is 27.8 Å². The van der Waals surface area contributed by atoms with Gasteiger partial charge in [0, 0.05) is 17.4 Å². The Hall–Kier alpha value is -3.60. The minimum atomic E-state index is -0.620. The van der Waals surface area contributed by atoms with Gasteiger partial charge in [-0.15, -0.1) is 0 Å². The van der Waals surface area contributed by atoms with Gasteiger partial charge in [0.1, 0.15) is 6.07 Å². The lowest BCUT2D eigenvalue weighted by molar-refractivity contribution is 0.0593. The first-order chi connectivity index (χ1) is 11.5. The molecule has 0 radical (unpaired) electrons. The third-order valence-electron chi connectivity index (χ3n) is 3.46. The molecule has 1 aromatic carbocycles. The lowest BCUT2D eigenvalue weighted by atomic mass is 10.2. The molecule has 2 aromatic heterocycles. The van der Waals surface area contributed by atoms with Gasteiger partial charge in [0.05, 0.1) is 18.4 Å². The number of esters is 1. The van der Waals surface area contributed by atoms with Gasteiger partial charge in [0.15, 0.2) is 11.5 Å². The number of nitrogens with zero attached hydrogens (tertiary/aromatic N) is 4. The fraction of sp³-hybridized carbons (Fsp3) is 0.125. The predicted octanol–water partition coefficient (Wildman–Crippen LogP) is 2.08. The summed E-state index contributed by atoms with van der Waals surface area (Å²) in [4.78, 5) is 16.1. The van der Waals surface area contributed by atoms with Gasteiger partial charge >= 0.3 is 5.97 Å². The van der Waals surface area contributed by atoms with Gasteiger partial charge in [-0.3, -0.25) is 0 Å². The maximum absolute atomic E-state index is 12.0. The number of rotatable bonds is 3. The van der Waals surface area contributed by atoms with Crippen molar-refractivity contribution in [3.63, 3.8) is 0 Å². The summed E-state index contributed by atoms with van der Waals surface area (Å²) in [5, 5.41) is 12.9. The Morgan fingerprint density at radius 2 is 2.08 bits per heavy atom. The van der Waals surface area contributed by atoms with E-state index in [2.05, 4.69) is 10.1 Å². The van der Waals surface area contributed by atoms with Crippen molar-refractivity contribution < 1.29 is 14.1 Å². The van der Waals surface area contributed by atoms with Crippen LogP contribution in [-0.2, 0) is 4.74 Å². The van der Waals surface area contributed by atoms with Crippen molar-refractivity contribution in [2.24, 2.45) is 0 Å². The maximum Gasteiger partial charge on any atom is 0.357 e. The Labute approximate surface area is 137 Å². The van der Waals surface area contributed by atoms with Crippen LogP contribution >= 0.6 is 0 Å². The summed E-state index contributed by atoms with van der Waals surface area (Å²) in [6.45, 7) is 1.73. The molecule has 2 heterocycles. The van der Waals surface area contributed by atoms with E-state index >= 15 is 0 Å². The van der Waals surface area contributed by atoms with E-state index in [-0.39, 0.29) is 16.9 Å². The summed E-state index contributed by atoms with van der Waals surface area (Å²) in [6.07, 6.45) is 1.49. The molecule has 2 N–H and O–H groups in total. The number of carbonyl (C=O) groups excluding carboxylic acids is 1. The van der Waals surface area contributed by atoms with E-state index in [9.17, 15) is 4.79 Å². The van der Waals surface area contributed by atoms with Gasteiger partial charge < -0.3 is 19.6 Å². The largest absolute Gasteiger partial charge is 0.464 e. The summed E-state index contributed by atoms with van der Waals surface area (Å²) in [7, 11) is 1.26. The number of carbonyl (C=O) groups is 1. The fourth-order valence-electron chi connectivity index (χ4n) is 2.30. The quantitative estimate of drug-likeness (QED) is 0.732. The minimum Gasteiger partial charge on any atom is -0.464 e. The molecule has 3 aromatic rings. The number of anilines is 1. The molecule has 120 valence electrons. The highest BCUT2D eigenvalue weighted by Crippen LogP contribution is 2.26. The maximum atomic E-state index is 12.0. The molecule has 24 heavy (non-hydrogen) atoms.